The average Bonchev–Trinajstić information content (AvgIpc) is 3.07. The number of rotatable bonds is 2. The predicted octanol–water partition coefficient (Wildman–Crippen LogP) is 3.39. The first-order valence-corrected chi connectivity index (χ1v) is 9.70. The number of imidazole rings is 1. The van der Waals surface area contributed by atoms with Crippen molar-refractivity contribution in [2.45, 2.75) is 26.2 Å². The van der Waals surface area contributed by atoms with Crippen LogP contribution in [0.5, 0.6) is 0 Å². The molecule has 0 aliphatic carbocycles. The average molecular weight is 374 g/mol. The number of carbonyl (C=O) groups is 1. The van der Waals surface area contributed by atoms with Crippen molar-refractivity contribution < 1.29 is 4.79 Å². The maximum absolute atomic E-state index is 11.6. The fourth-order valence-electron chi connectivity index (χ4n) is 4.17. The van der Waals surface area contributed by atoms with Gasteiger partial charge in [-0.05, 0) is 37.0 Å². The molecule has 0 radical (unpaired) electrons. The molecule has 0 spiro atoms. The number of anilines is 2. The standard InChI is InChI=1S/C21H22N6O/c1-13(28)27-9-5-14(6-10-27)11-18-25-19-15-4-8-22-12-17(15)24-21-16(20(19)26-18)3-2-7-23-21/h2-4,7-8,12,14H,5-6,9-11H2,1H3,(H,23,24)(H,25,26). The van der Waals surface area contributed by atoms with E-state index in [1.165, 1.54) is 0 Å². The van der Waals surface area contributed by atoms with Gasteiger partial charge in [-0.1, -0.05) is 0 Å². The van der Waals surface area contributed by atoms with Crippen molar-refractivity contribution in [1.82, 2.24) is 24.8 Å². The highest BCUT2D eigenvalue weighted by molar-refractivity contribution is 5.94. The zero-order valence-corrected chi connectivity index (χ0v) is 15.8. The number of aromatic nitrogens is 4. The molecule has 0 aromatic carbocycles. The van der Waals surface area contributed by atoms with Crippen molar-refractivity contribution in [3.63, 3.8) is 0 Å². The number of piperidine rings is 1. The second-order valence-corrected chi connectivity index (χ2v) is 7.51. The normalized spacial score (nSPS) is 15.8. The molecule has 7 nitrogen and oxygen atoms in total. The zero-order chi connectivity index (χ0) is 19.1. The number of pyridine rings is 2. The van der Waals surface area contributed by atoms with Gasteiger partial charge in [0.2, 0.25) is 5.91 Å². The molecule has 2 aliphatic heterocycles. The smallest absolute Gasteiger partial charge is 0.219 e. The molecule has 5 rings (SSSR count). The fourth-order valence-corrected chi connectivity index (χ4v) is 4.17. The highest BCUT2D eigenvalue weighted by Crippen LogP contribution is 2.41. The minimum Gasteiger partial charge on any atom is -0.343 e. The Morgan fingerprint density at radius 1 is 1.21 bits per heavy atom. The Hall–Kier alpha value is -3.22. The molecule has 0 unspecified atom stereocenters. The number of carbonyl (C=O) groups excluding carboxylic acids is 1. The number of hydrogen-bond donors (Lipinski definition) is 2. The molecule has 1 amide bonds. The van der Waals surface area contributed by atoms with Gasteiger partial charge in [-0.3, -0.25) is 9.78 Å². The molecule has 142 valence electrons. The molecule has 3 aromatic rings. The zero-order valence-electron chi connectivity index (χ0n) is 15.8. The SMILES string of the molecule is CC(=O)N1CCC(Cc2nc3c([nH]2)-c2ccncc2Nc2ncccc2-3)CC1. The van der Waals surface area contributed by atoms with Gasteiger partial charge >= 0.3 is 0 Å². The lowest BCUT2D eigenvalue weighted by Crippen LogP contribution is -2.37. The van der Waals surface area contributed by atoms with Crippen molar-refractivity contribution >= 4 is 17.4 Å². The van der Waals surface area contributed by atoms with E-state index < -0.39 is 0 Å². The van der Waals surface area contributed by atoms with E-state index in [2.05, 4.69) is 20.3 Å². The summed E-state index contributed by atoms with van der Waals surface area (Å²) in [7, 11) is 0. The van der Waals surface area contributed by atoms with Crippen LogP contribution in [-0.4, -0.2) is 43.8 Å². The third-order valence-electron chi connectivity index (χ3n) is 5.70. The quantitative estimate of drug-likeness (QED) is 0.562. The number of fused-ring (bicyclic) bond motifs is 5. The van der Waals surface area contributed by atoms with Crippen LogP contribution in [-0.2, 0) is 11.2 Å². The van der Waals surface area contributed by atoms with E-state index in [1.54, 1.807) is 19.3 Å². The van der Waals surface area contributed by atoms with E-state index in [0.29, 0.717) is 5.92 Å². The van der Waals surface area contributed by atoms with E-state index in [-0.39, 0.29) is 5.91 Å². The molecule has 0 bridgehead atoms. The monoisotopic (exact) mass is 374 g/mol. The Morgan fingerprint density at radius 2 is 2.07 bits per heavy atom. The van der Waals surface area contributed by atoms with Crippen LogP contribution in [0.4, 0.5) is 11.5 Å². The summed E-state index contributed by atoms with van der Waals surface area (Å²) in [5, 5.41) is 3.38. The molecule has 2 aliphatic rings. The molecule has 1 fully saturated rings. The molecule has 28 heavy (non-hydrogen) atoms. The van der Waals surface area contributed by atoms with Crippen molar-refractivity contribution in [3.05, 3.63) is 42.6 Å². The Bertz CT molecular complexity index is 972. The van der Waals surface area contributed by atoms with Crippen LogP contribution in [0.25, 0.3) is 22.5 Å². The van der Waals surface area contributed by atoms with Crippen molar-refractivity contribution in [1.29, 1.82) is 0 Å². The van der Waals surface area contributed by atoms with Gasteiger partial charge in [0, 0.05) is 50.0 Å². The molecule has 0 atom stereocenters. The number of likely N-dealkylation sites (tertiary alicyclic amines) is 1. The van der Waals surface area contributed by atoms with Crippen LogP contribution in [0.15, 0.2) is 36.8 Å². The Morgan fingerprint density at radius 3 is 2.89 bits per heavy atom. The third kappa shape index (κ3) is 2.93. The summed E-state index contributed by atoms with van der Waals surface area (Å²) in [6, 6.07) is 5.98. The summed E-state index contributed by atoms with van der Waals surface area (Å²) in [4.78, 5) is 30.8. The van der Waals surface area contributed by atoms with Crippen LogP contribution >= 0.6 is 0 Å². The van der Waals surface area contributed by atoms with Crippen LogP contribution < -0.4 is 5.32 Å². The van der Waals surface area contributed by atoms with Crippen LogP contribution in [0.2, 0.25) is 0 Å². The summed E-state index contributed by atoms with van der Waals surface area (Å²) in [5.74, 6) is 2.49. The molecule has 1 saturated heterocycles. The number of hydrogen-bond acceptors (Lipinski definition) is 5. The predicted molar refractivity (Wildman–Crippen MR) is 107 cm³/mol. The lowest BCUT2D eigenvalue weighted by Gasteiger charge is -2.30. The van der Waals surface area contributed by atoms with E-state index in [4.69, 9.17) is 4.98 Å². The van der Waals surface area contributed by atoms with Crippen molar-refractivity contribution in [2.75, 3.05) is 18.4 Å². The van der Waals surface area contributed by atoms with Crippen LogP contribution in [0.3, 0.4) is 0 Å². The number of H-pyrrole nitrogens is 1. The van der Waals surface area contributed by atoms with E-state index in [9.17, 15) is 4.79 Å². The van der Waals surface area contributed by atoms with E-state index in [1.807, 2.05) is 29.3 Å². The van der Waals surface area contributed by atoms with Crippen LogP contribution in [0.1, 0.15) is 25.6 Å². The molecular weight excluding hydrogens is 352 g/mol. The van der Waals surface area contributed by atoms with Crippen LogP contribution in [0, 0.1) is 5.92 Å². The highest BCUT2D eigenvalue weighted by Gasteiger charge is 2.26. The lowest BCUT2D eigenvalue weighted by atomic mass is 9.93. The minimum absolute atomic E-state index is 0.171. The van der Waals surface area contributed by atoms with Crippen molar-refractivity contribution in [3.8, 4) is 22.5 Å². The lowest BCUT2D eigenvalue weighted by molar-refractivity contribution is -0.130. The number of aromatic amines is 1. The Labute approximate surface area is 163 Å². The van der Waals surface area contributed by atoms with Gasteiger partial charge in [0.1, 0.15) is 17.3 Å². The molecule has 3 aromatic heterocycles. The first kappa shape index (κ1) is 16.9. The third-order valence-corrected chi connectivity index (χ3v) is 5.70. The second kappa shape index (κ2) is 6.74. The summed E-state index contributed by atoms with van der Waals surface area (Å²) in [5.41, 5.74) is 4.89. The van der Waals surface area contributed by atoms with E-state index >= 15 is 0 Å². The largest absolute Gasteiger partial charge is 0.343 e. The molecule has 7 heteroatoms. The molecule has 5 heterocycles. The maximum atomic E-state index is 11.6. The van der Waals surface area contributed by atoms with Gasteiger partial charge in [0.25, 0.3) is 0 Å². The first-order chi connectivity index (χ1) is 13.7. The summed E-state index contributed by atoms with van der Waals surface area (Å²) >= 11 is 0. The summed E-state index contributed by atoms with van der Waals surface area (Å²) in [6.07, 6.45) is 8.33. The Kier molecular flexibility index (Phi) is 4.07. The second-order valence-electron chi connectivity index (χ2n) is 7.51. The number of nitrogens with one attached hydrogen (secondary N) is 2. The van der Waals surface area contributed by atoms with Gasteiger partial charge in [0.05, 0.1) is 17.6 Å². The maximum Gasteiger partial charge on any atom is 0.219 e. The van der Waals surface area contributed by atoms with Gasteiger partial charge < -0.3 is 15.2 Å². The van der Waals surface area contributed by atoms with Crippen molar-refractivity contribution in [2.24, 2.45) is 5.92 Å². The van der Waals surface area contributed by atoms with Gasteiger partial charge in [-0.15, -0.1) is 0 Å². The highest BCUT2D eigenvalue weighted by atomic mass is 16.2. The van der Waals surface area contributed by atoms with E-state index in [0.717, 1.165) is 72.2 Å². The molecule has 2 N–H and O–H groups in total. The minimum atomic E-state index is 0.171. The Balaban J connectivity index is 1.48. The van der Waals surface area contributed by atoms with Gasteiger partial charge in [-0.25, -0.2) is 9.97 Å². The number of nitrogens with zero attached hydrogens (tertiary/aromatic N) is 4. The topological polar surface area (TPSA) is 86.8 Å². The van der Waals surface area contributed by atoms with Gasteiger partial charge in [-0.2, -0.15) is 0 Å². The number of amides is 1. The summed E-state index contributed by atoms with van der Waals surface area (Å²) < 4.78 is 0. The van der Waals surface area contributed by atoms with Gasteiger partial charge in [0.15, 0.2) is 0 Å². The molecule has 0 saturated carbocycles. The first-order valence-electron chi connectivity index (χ1n) is 9.70. The fraction of sp³-hybridized carbons (Fsp3) is 0.333. The molecular formula is C21H22N6O. The summed E-state index contributed by atoms with van der Waals surface area (Å²) in [6.45, 7) is 3.33.